The average Bonchev–Trinajstić information content (AvgIpc) is 3.28. The largest absolute Gasteiger partial charge is 0.368 e. The van der Waals surface area contributed by atoms with Gasteiger partial charge in [-0.05, 0) is 18.9 Å². The van der Waals surface area contributed by atoms with Crippen LogP contribution in [0.15, 0.2) is 36.1 Å². The minimum Gasteiger partial charge on any atom is -0.368 e. The Morgan fingerprint density at radius 1 is 1.22 bits per heavy atom. The number of hydrogen-bond acceptors (Lipinski definition) is 7. The van der Waals surface area contributed by atoms with Crippen LogP contribution in [0.1, 0.15) is 23.8 Å². The van der Waals surface area contributed by atoms with Crippen LogP contribution in [-0.4, -0.2) is 37.8 Å². The molecule has 2 N–H and O–H groups in total. The lowest BCUT2D eigenvalue weighted by Crippen LogP contribution is -2.35. The van der Waals surface area contributed by atoms with Crippen LogP contribution in [0.5, 0.6) is 0 Å². The SMILES string of the molecule is Nc1nc(N2CCC[C@H](c3nccs3)C2)cc(-n2cccn2)n1. The van der Waals surface area contributed by atoms with Crippen LogP contribution >= 0.6 is 11.3 Å². The lowest BCUT2D eigenvalue weighted by Gasteiger charge is -2.32. The van der Waals surface area contributed by atoms with Gasteiger partial charge in [0.05, 0.1) is 5.01 Å². The predicted molar refractivity (Wildman–Crippen MR) is 89.9 cm³/mol. The van der Waals surface area contributed by atoms with E-state index in [2.05, 4.69) is 25.0 Å². The highest BCUT2D eigenvalue weighted by molar-refractivity contribution is 7.09. The molecule has 0 radical (unpaired) electrons. The third-order valence-corrected chi connectivity index (χ3v) is 4.94. The van der Waals surface area contributed by atoms with Crippen LogP contribution in [0.4, 0.5) is 11.8 Å². The van der Waals surface area contributed by atoms with E-state index in [9.17, 15) is 0 Å². The molecule has 3 aromatic rings. The highest BCUT2D eigenvalue weighted by atomic mass is 32.1. The maximum Gasteiger partial charge on any atom is 0.224 e. The molecule has 1 aliphatic rings. The van der Waals surface area contributed by atoms with E-state index >= 15 is 0 Å². The number of nitrogens with two attached hydrogens (primary N) is 1. The molecule has 0 saturated carbocycles. The minimum atomic E-state index is 0.268. The fourth-order valence-corrected chi connectivity index (χ4v) is 3.71. The number of aromatic nitrogens is 5. The van der Waals surface area contributed by atoms with E-state index in [1.54, 1.807) is 22.2 Å². The molecular weight excluding hydrogens is 310 g/mol. The normalized spacial score (nSPS) is 18.3. The van der Waals surface area contributed by atoms with Gasteiger partial charge in [0.2, 0.25) is 5.95 Å². The molecule has 0 unspecified atom stereocenters. The molecule has 4 heterocycles. The first kappa shape index (κ1) is 14.1. The Balaban J connectivity index is 1.62. The van der Waals surface area contributed by atoms with Gasteiger partial charge >= 0.3 is 0 Å². The van der Waals surface area contributed by atoms with Gasteiger partial charge in [-0.3, -0.25) is 0 Å². The Morgan fingerprint density at radius 2 is 2.13 bits per heavy atom. The Morgan fingerprint density at radius 3 is 2.91 bits per heavy atom. The molecule has 0 amide bonds. The molecule has 8 heteroatoms. The maximum absolute atomic E-state index is 5.90. The molecule has 1 saturated heterocycles. The van der Waals surface area contributed by atoms with Gasteiger partial charge in [0.25, 0.3) is 0 Å². The summed E-state index contributed by atoms with van der Waals surface area (Å²) in [7, 11) is 0. The zero-order valence-electron chi connectivity index (χ0n) is 12.5. The van der Waals surface area contributed by atoms with Crippen molar-refractivity contribution in [3.63, 3.8) is 0 Å². The molecule has 0 bridgehead atoms. The summed E-state index contributed by atoms with van der Waals surface area (Å²) in [6.45, 7) is 1.87. The van der Waals surface area contributed by atoms with Crippen molar-refractivity contribution in [2.45, 2.75) is 18.8 Å². The van der Waals surface area contributed by atoms with Crippen LogP contribution in [0, 0.1) is 0 Å². The molecule has 23 heavy (non-hydrogen) atoms. The van der Waals surface area contributed by atoms with Gasteiger partial charge in [0.1, 0.15) is 5.82 Å². The van der Waals surface area contributed by atoms with Gasteiger partial charge < -0.3 is 10.6 Å². The number of anilines is 2. The molecule has 4 rings (SSSR count). The van der Waals surface area contributed by atoms with E-state index < -0.39 is 0 Å². The Bertz CT molecular complexity index is 769. The molecule has 1 fully saturated rings. The zero-order chi connectivity index (χ0) is 15.6. The summed E-state index contributed by atoms with van der Waals surface area (Å²) in [5.74, 6) is 2.26. The number of thiazole rings is 1. The second-order valence-corrected chi connectivity index (χ2v) is 6.47. The second kappa shape index (κ2) is 5.96. The predicted octanol–water partition coefficient (Wildman–Crippen LogP) is 2.08. The standard InChI is InChI=1S/C15H17N7S/c16-15-19-12(9-13(20-15)22-7-2-4-18-22)21-6-1-3-11(10-21)14-17-5-8-23-14/h2,4-5,7-9,11H,1,3,6,10H2,(H2,16,19,20)/t11-/m0/s1. The van der Waals surface area contributed by atoms with Crippen molar-refractivity contribution in [1.29, 1.82) is 0 Å². The summed E-state index contributed by atoms with van der Waals surface area (Å²) in [4.78, 5) is 15.4. The fourth-order valence-electron chi connectivity index (χ4n) is 2.95. The average molecular weight is 327 g/mol. The van der Waals surface area contributed by atoms with Gasteiger partial charge in [0.15, 0.2) is 5.82 Å². The third-order valence-electron chi connectivity index (χ3n) is 4.00. The van der Waals surface area contributed by atoms with E-state index in [0.29, 0.717) is 11.7 Å². The summed E-state index contributed by atoms with van der Waals surface area (Å²) in [5, 5.41) is 7.45. The van der Waals surface area contributed by atoms with Crippen molar-refractivity contribution in [1.82, 2.24) is 24.7 Å². The van der Waals surface area contributed by atoms with Crippen molar-refractivity contribution in [2.24, 2.45) is 0 Å². The Labute approximate surface area is 137 Å². The quantitative estimate of drug-likeness (QED) is 0.793. The summed E-state index contributed by atoms with van der Waals surface area (Å²) in [6.07, 6.45) is 7.72. The van der Waals surface area contributed by atoms with Crippen molar-refractivity contribution in [3.05, 3.63) is 41.1 Å². The van der Waals surface area contributed by atoms with E-state index in [-0.39, 0.29) is 5.95 Å². The number of nitrogens with zero attached hydrogens (tertiary/aromatic N) is 6. The number of nitrogen functional groups attached to an aromatic ring is 1. The number of piperidine rings is 1. The molecule has 0 aromatic carbocycles. The van der Waals surface area contributed by atoms with E-state index in [0.717, 1.165) is 31.7 Å². The number of rotatable bonds is 3. The molecular formula is C15H17N7S. The smallest absolute Gasteiger partial charge is 0.224 e. The second-order valence-electron chi connectivity index (χ2n) is 5.55. The first-order chi connectivity index (χ1) is 11.3. The Kier molecular flexibility index (Phi) is 3.66. The summed E-state index contributed by atoms with van der Waals surface area (Å²) in [5.41, 5.74) is 5.90. The van der Waals surface area contributed by atoms with Crippen molar-refractivity contribution in [3.8, 4) is 5.82 Å². The monoisotopic (exact) mass is 327 g/mol. The van der Waals surface area contributed by atoms with Crippen molar-refractivity contribution in [2.75, 3.05) is 23.7 Å². The number of hydrogen-bond donors (Lipinski definition) is 1. The molecule has 1 aliphatic heterocycles. The molecule has 0 spiro atoms. The van der Waals surface area contributed by atoms with Crippen molar-refractivity contribution < 1.29 is 0 Å². The lowest BCUT2D eigenvalue weighted by molar-refractivity contribution is 0.505. The van der Waals surface area contributed by atoms with Crippen LogP contribution < -0.4 is 10.6 Å². The molecule has 118 valence electrons. The molecule has 0 aliphatic carbocycles. The molecule has 3 aromatic heterocycles. The maximum atomic E-state index is 5.90. The van der Waals surface area contributed by atoms with E-state index in [1.807, 2.05) is 29.9 Å². The van der Waals surface area contributed by atoms with Crippen molar-refractivity contribution >= 4 is 23.1 Å². The summed E-state index contributed by atoms with van der Waals surface area (Å²) in [6, 6.07) is 3.80. The molecule has 1 atom stereocenters. The highest BCUT2D eigenvalue weighted by Gasteiger charge is 2.24. The van der Waals surface area contributed by atoms with E-state index in [4.69, 9.17) is 5.73 Å². The first-order valence-electron chi connectivity index (χ1n) is 7.58. The van der Waals surface area contributed by atoms with Gasteiger partial charge in [-0.2, -0.15) is 15.1 Å². The fraction of sp³-hybridized carbons (Fsp3) is 0.333. The van der Waals surface area contributed by atoms with Crippen LogP contribution in [0.2, 0.25) is 0 Å². The van der Waals surface area contributed by atoms with Gasteiger partial charge in [-0.1, -0.05) is 0 Å². The highest BCUT2D eigenvalue weighted by Crippen LogP contribution is 2.30. The summed E-state index contributed by atoms with van der Waals surface area (Å²) >= 11 is 1.72. The van der Waals surface area contributed by atoms with Gasteiger partial charge in [-0.15, -0.1) is 11.3 Å². The third kappa shape index (κ3) is 2.89. The van der Waals surface area contributed by atoms with Crippen LogP contribution in [0.25, 0.3) is 5.82 Å². The van der Waals surface area contributed by atoms with Crippen LogP contribution in [-0.2, 0) is 0 Å². The van der Waals surface area contributed by atoms with Gasteiger partial charge in [-0.25, -0.2) is 9.67 Å². The van der Waals surface area contributed by atoms with Gasteiger partial charge in [0, 0.05) is 49.0 Å². The minimum absolute atomic E-state index is 0.268. The summed E-state index contributed by atoms with van der Waals surface area (Å²) < 4.78 is 1.70. The molecule has 7 nitrogen and oxygen atoms in total. The van der Waals surface area contributed by atoms with Crippen LogP contribution in [0.3, 0.4) is 0 Å². The Hall–Kier alpha value is -2.48. The first-order valence-corrected chi connectivity index (χ1v) is 8.46. The topological polar surface area (TPSA) is 85.8 Å². The lowest BCUT2D eigenvalue weighted by atomic mass is 9.99. The zero-order valence-corrected chi connectivity index (χ0v) is 13.4. The van der Waals surface area contributed by atoms with E-state index in [1.165, 1.54) is 5.01 Å².